The van der Waals surface area contributed by atoms with Crippen LogP contribution in [0.5, 0.6) is 5.75 Å². The number of ether oxygens (including phenoxy) is 1. The molecule has 1 aromatic heterocycles. The third-order valence-electron chi connectivity index (χ3n) is 2.57. The van der Waals surface area contributed by atoms with Crippen LogP contribution in [0, 0.1) is 6.92 Å². The van der Waals surface area contributed by atoms with Gasteiger partial charge in [0.15, 0.2) is 5.78 Å². The number of aryl methyl sites for hydroxylation is 1. The number of hydrogen-bond donors (Lipinski definition) is 1. The van der Waals surface area contributed by atoms with Crippen LogP contribution in [0.3, 0.4) is 0 Å². The first kappa shape index (κ1) is 14.4. The van der Waals surface area contributed by atoms with E-state index in [2.05, 4.69) is 14.4 Å². The molecule has 0 spiro atoms. The zero-order valence-corrected chi connectivity index (χ0v) is 11.6. The topological polar surface area (TPSA) is 51.2 Å². The third-order valence-corrected chi connectivity index (χ3v) is 3.42. The summed E-state index contributed by atoms with van der Waals surface area (Å²) in [5, 5.41) is 3.44. The number of alkyl halides is 2. The number of Topliss-reactive ketones (excluding diaryl/α,β-unsaturated/α-hetero) is 1. The number of rotatable bonds is 5. The van der Waals surface area contributed by atoms with E-state index in [1.807, 2.05) is 0 Å². The van der Waals surface area contributed by atoms with Crippen molar-refractivity contribution >= 4 is 28.0 Å². The summed E-state index contributed by atoms with van der Waals surface area (Å²) < 4.78 is 33.2. The Morgan fingerprint density at radius 1 is 1.40 bits per heavy atom. The first-order valence-corrected chi connectivity index (χ1v) is 6.54. The van der Waals surface area contributed by atoms with Crippen LogP contribution in [0.1, 0.15) is 23.0 Å². The van der Waals surface area contributed by atoms with Crippen LogP contribution in [0.15, 0.2) is 24.3 Å². The minimum absolute atomic E-state index is 0.0167. The van der Waals surface area contributed by atoms with Gasteiger partial charge in [0.2, 0.25) is 0 Å². The van der Waals surface area contributed by atoms with Gasteiger partial charge in [-0.15, -0.1) is 0 Å². The molecule has 0 radical (unpaired) electrons. The van der Waals surface area contributed by atoms with E-state index in [4.69, 9.17) is 0 Å². The number of aromatic nitrogens is 1. The van der Waals surface area contributed by atoms with Crippen molar-refractivity contribution in [1.29, 1.82) is 0 Å². The zero-order chi connectivity index (χ0) is 14.7. The second-order valence-electron chi connectivity index (χ2n) is 4.03. The smallest absolute Gasteiger partial charge is 0.387 e. The molecule has 7 heteroatoms. The molecule has 0 saturated heterocycles. The number of carbonyl (C=O) groups excluding carboxylic acids is 1. The van der Waals surface area contributed by atoms with Gasteiger partial charge in [-0.2, -0.15) is 13.2 Å². The van der Waals surface area contributed by atoms with Crippen LogP contribution in [-0.2, 0) is 0 Å². The summed E-state index contributed by atoms with van der Waals surface area (Å²) in [5.74, 6) is -0.117. The van der Waals surface area contributed by atoms with Crippen molar-refractivity contribution < 1.29 is 18.3 Å². The summed E-state index contributed by atoms with van der Waals surface area (Å²) in [6.45, 7) is 0.247. The monoisotopic (exact) mass is 298 g/mol. The molecule has 2 rings (SSSR count). The van der Waals surface area contributed by atoms with Crippen molar-refractivity contribution in [2.24, 2.45) is 0 Å². The number of carbonyl (C=O) groups is 1. The van der Waals surface area contributed by atoms with E-state index < -0.39 is 6.61 Å². The van der Waals surface area contributed by atoms with E-state index in [1.54, 1.807) is 25.1 Å². The van der Waals surface area contributed by atoms with Crippen molar-refractivity contribution in [1.82, 2.24) is 4.37 Å². The molecule has 0 amide bonds. The van der Waals surface area contributed by atoms with E-state index in [0.717, 1.165) is 11.5 Å². The van der Waals surface area contributed by atoms with Crippen LogP contribution in [0.4, 0.5) is 19.5 Å². The minimum Gasteiger partial charge on any atom is -0.433 e. The summed E-state index contributed by atoms with van der Waals surface area (Å²) in [5.41, 5.74) is 1.43. The van der Waals surface area contributed by atoms with Gasteiger partial charge in [-0.1, -0.05) is 12.1 Å². The number of halogens is 2. The van der Waals surface area contributed by atoms with Gasteiger partial charge in [-0.3, -0.25) is 4.79 Å². The lowest BCUT2D eigenvalue weighted by atomic mass is 10.2. The average Bonchev–Trinajstić information content (AvgIpc) is 2.72. The van der Waals surface area contributed by atoms with Crippen LogP contribution in [0.25, 0.3) is 0 Å². The van der Waals surface area contributed by atoms with Crippen molar-refractivity contribution in [3.8, 4) is 5.75 Å². The van der Waals surface area contributed by atoms with E-state index >= 15 is 0 Å². The number of nitrogens with zero attached hydrogens (tertiary/aromatic N) is 1. The highest BCUT2D eigenvalue weighted by atomic mass is 32.1. The predicted octanol–water partition coefficient (Wildman–Crippen LogP) is 4.00. The van der Waals surface area contributed by atoms with Crippen molar-refractivity contribution in [2.75, 3.05) is 5.32 Å². The maximum Gasteiger partial charge on any atom is 0.387 e. The Hall–Kier alpha value is -2.02. The first-order valence-electron chi connectivity index (χ1n) is 5.77. The Balaban J connectivity index is 2.33. The standard InChI is InChI=1S/C13H12F2N2O2S/c1-7-11(8(2)18)12(20-17-7)16-9-5-3-4-6-10(9)19-13(14)15/h3-6,13,16H,1-2H3. The number of ketones is 1. The fourth-order valence-corrected chi connectivity index (χ4v) is 2.62. The maximum absolute atomic E-state index is 12.3. The molecule has 0 fully saturated rings. The van der Waals surface area contributed by atoms with Gasteiger partial charge in [-0.25, -0.2) is 0 Å². The zero-order valence-electron chi connectivity index (χ0n) is 10.8. The third kappa shape index (κ3) is 3.11. The average molecular weight is 298 g/mol. The SMILES string of the molecule is CC(=O)c1c(C)nsc1Nc1ccccc1OC(F)F. The van der Waals surface area contributed by atoms with Crippen LogP contribution in [0.2, 0.25) is 0 Å². The number of anilines is 2. The molecule has 0 aliphatic heterocycles. The summed E-state index contributed by atoms with van der Waals surface area (Å²) in [6, 6.07) is 6.29. The van der Waals surface area contributed by atoms with E-state index in [0.29, 0.717) is 21.9 Å². The van der Waals surface area contributed by atoms with Gasteiger partial charge in [-0.05, 0) is 37.5 Å². The number of benzene rings is 1. The first-order chi connectivity index (χ1) is 9.49. The molecule has 4 nitrogen and oxygen atoms in total. The van der Waals surface area contributed by atoms with Crippen LogP contribution >= 0.6 is 11.5 Å². The quantitative estimate of drug-likeness (QED) is 0.848. The highest BCUT2D eigenvalue weighted by molar-refractivity contribution is 7.10. The Morgan fingerprint density at radius 2 is 2.10 bits per heavy atom. The molecule has 1 N–H and O–H groups in total. The highest BCUT2D eigenvalue weighted by Crippen LogP contribution is 2.33. The molecule has 0 saturated carbocycles. The van der Waals surface area contributed by atoms with Crippen molar-refractivity contribution in [2.45, 2.75) is 20.5 Å². The maximum atomic E-state index is 12.3. The number of hydrogen-bond acceptors (Lipinski definition) is 5. The Labute approximate surface area is 118 Å². The molecular weight excluding hydrogens is 286 g/mol. The largest absolute Gasteiger partial charge is 0.433 e. The van der Waals surface area contributed by atoms with Gasteiger partial charge in [0.25, 0.3) is 0 Å². The van der Waals surface area contributed by atoms with E-state index in [9.17, 15) is 13.6 Å². The lowest BCUT2D eigenvalue weighted by Gasteiger charge is -2.11. The Morgan fingerprint density at radius 3 is 2.75 bits per heavy atom. The fraction of sp³-hybridized carbons (Fsp3) is 0.231. The fourth-order valence-electron chi connectivity index (χ4n) is 1.76. The Bertz CT molecular complexity index is 629. The van der Waals surface area contributed by atoms with Crippen molar-refractivity contribution in [3.63, 3.8) is 0 Å². The second-order valence-corrected chi connectivity index (χ2v) is 4.80. The van der Waals surface area contributed by atoms with E-state index in [1.165, 1.54) is 13.0 Å². The summed E-state index contributed by atoms with van der Waals surface area (Å²) in [7, 11) is 0. The molecular formula is C13H12F2N2O2S. The predicted molar refractivity (Wildman–Crippen MR) is 73.2 cm³/mol. The molecule has 0 aliphatic rings. The lowest BCUT2D eigenvalue weighted by molar-refractivity contribution is -0.0493. The summed E-state index contributed by atoms with van der Waals surface area (Å²) in [4.78, 5) is 11.6. The molecule has 0 atom stereocenters. The molecule has 1 aromatic carbocycles. The second kappa shape index (κ2) is 5.96. The highest BCUT2D eigenvalue weighted by Gasteiger charge is 2.17. The van der Waals surface area contributed by atoms with Gasteiger partial charge < -0.3 is 10.1 Å². The minimum atomic E-state index is -2.91. The number of nitrogens with one attached hydrogen (secondary N) is 1. The number of para-hydroxylation sites is 2. The molecule has 20 heavy (non-hydrogen) atoms. The van der Waals surface area contributed by atoms with Gasteiger partial charge in [0, 0.05) is 0 Å². The van der Waals surface area contributed by atoms with Crippen molar-refractivity contribution in [3.05, 3.63) is 35.5 Å². The van der Waals surface area contributed by atoms with Gasteiger partial charge in [0.1, 0.15) is 10.8 Å². The molecule has 0 bridgehead atoms. The van der Waals surface area contributed by atoms with E-state index in [-0.39, 0.29) is 11.5 Å². The molecule has 0 unspecified atom stereocenters. The molecule has 106 valence electrons. The Kier molecular flexibility index (Phi) is 4.29. The molecule has 1 heterocycles. The lowest BCUT2D eigenvalue weighted by Crippen LogP contribution is -2.05. The molecule has 2 aromatic rings. The normalized spacial score (nSPS) is 10.7. The summed E-state index contributed by atoms with van der Waals surface area (Å²) in [6.07, 6.45) is 0. The van der Waals surface area contributed by atoms with Crippen LogP contribution in [-0.4, -0.2) is 16.8 Å². The van der Waals surface area contributed by atoms with Gasteiger partial charge in [0.05, 0.1) is 16.9 Å². The van der Waals surface area contributed by atoms with Crippen LogP contribution < -0.4 is 10.1 Å². The van der Waals surface area contributed by atoms with Gasteiger partial charge >= 0.3 is 6.61 Å². The summed E-state index contributed by atoms with van der Waals surface area (Å²) >= 11 is 1.10. The molecule has 0 aliphatic carbocycles.